The molecule has 4 rings (SSSR count). The molecule has 2 amide bonds. The first-order valence-corrected chi connectivity index (χ1v) is 10.0. The second-order valence-corrected chi connectivity index (χ2v) is 7.49. The predicted octanol–water partition coefficient (Wildman–Crippen LogP) is 2.74. The SMILES string of the molecule is Cc1cc(C(=O)Nc2ccc(N3CCNC(=O)C3)nc2)c(C)n1Cc1ccccc1. The Morgan fingerprint density at radius 3 is 2.67 bits per heavy atom. The number of amides is 2. The van der Waals surface area contributed by atoms with Crippen molar-refractivity contribution < 1.29 is 9.59 Å². The molecule has 3 heterocycles. The molecule has 7 heteroatoms. The number of aromatic nitrogens is 2. The van der Waals surface area contributed by atoms with Crippen molar-refractivity contribution in [3.05, 3.63) is 77.2 Å². The van der Waals surface area contributed by atoms with Gasteiger partial charge in [0.2, 0.25) is 5.91 Å². The summed E-state index contributed by atoms with van der Waals surface area (Å²) in [5.74, 6) is 0.560. The second kappa shape index (κ2) is 8.41. The minimum Gasteiger partial charge on any atom is -0.353 e. The van der Waals surface area contributed by atoms with Crippen molar-refractivity contribution in [2.75, 3.05) is 29.9 Å². The van der Waals surface area contributed by atoms with Gasteiger partial charge in [0.1, 0.15) is 5.82 Å². The zero-order valence-electron chi connectivity index (χ0n) is 17.2. The maximum Gasteiger partial charge on any atom is 0.257 e. The van der Waals surface area contributed by atoms with Crippen LogP contribution >= 0.6 is 0 Å². The van der Waals surface area contributed by atoms with E-state index in [0.29, 0.717) is 24.3 Å². The highest BCUT2D eigenvalue weighted by atomic mass is 16.2. The molecule has 0 spiro atoms. The van der Waals surface area contributed by atoms with Crippen LogP contribution in [0, 0.1) is 13.8 Å². The van der Waals surface area contributed by atoms with E-state index in [-0.39, 0.29) is 11.8 Å². The Bertz CT molecular complexity index is 1060. The Hall–Kier alpha value is -3.61. The first kappa shape index (κ1) is 19.7. The zero-order chi connectivity index (χ0) is 21.1. The van der Waals surface area contributed by atoms with Crippen LogP contribution in [0.5, 0.6) is 0 Å². The van der Waals surface area contributed by atoms with E-state index in [4.69, 9.17) is 0 Å². The van der Waals surface area contributed by atoms with Crippen molar-refractivity contribution in [2.24, 2.45) is 0 Å². The van der Waals surface area contributed by atoms with Crippen molar-refractivity contribution >= 4 is 23.3 Å². The highest BCUT2D eigenvalue weighted by molar-refractivity contribution is 6.05. The summed E-state index contributed by atoms with van der Waals surface area (Å²) in [6.45, 7) is 6.33. The number of hydrogen-bond acceptors (Lipinski definition) is 4. The predicted molar refractivity (Wildman–Crippen MR) is 117 cm³/mol. The van der Waals surface area contributed by atoms with Gasteiger partial charge >= 0.3 is 0 Å². The molecule has 2 aromatic heterocycles. The highest BCUT2D eigenvalue weighted by Crippen LogP contribution is 2.20. The van der Waals surface area contributed by atoms with Gasteiger partial charge in [-0.2, -0.15) is 0 Å². The normalized spacial score (nSPS) is 13.8. The van der Waals surface area contributed by atoms with Gasteiger partial charge in [-0.25, -0.2) is 4.98 Å². The van der Waals surface area contributed by atoms with Crippen molar-refractivity contribution in [2.45, 2.75) is 20.4 Å². The van der Waals surface area contributed by atoms with Gasteiger partial charge < -0.3 is 20.1 Å². The van der Waals surface area contributed by atoms with Gasteiger partial charge in [0, 0.05) is 31.0 Å². The van der Waals surface area contributed by atoms with E-state index in [9.17, 15) is 9.59 Å². The number of pyridine rings is 1. The van der Waals surface area contributed by atoms with Gasteiger partial charge in [0.15, 0.2) is 0 Å². The topological polar surface area (TPSA) is 79.3 Å². The minimum atomic E-state index is -0.158. The maximum atomic E-state index is 12.9. The molecule has 2 N–H and O–H groups in total. The molecule has 30 heavy (non-hydrogen) atoms. The minimum absolute atomic E-state index is 0.00807. The maximum absolute atomic E-state index is 12.9. The van der Waals surface area contributed by atoms with E-state index >= 15 is 0 Å². The number of carbonyl (C=O) groups excluding carboxylic acids is 2. The Kier molecular flexibility index (Phi) is 5.52. The monoisotopic (exact) mass is 403 g/mol. The number of carbonyl (C=O) groups is 2. The van der Waals surface area contributed by atoms with E-state index in [1.807, 2.05) is 55.1 Å². The molecule has 1 fully saturated rings. The van der Waals surface area contributed by atoms with Crippen molar-refractivity contribution in [3.8, 4) is 0 Å². The van der Waals surface area contributed by atoms with Crippen LogP contribution in [0.3, 0.4) is 0 Å². The largest absolute Gasteiger partial charge is 0.353 e. The fraction of sp³-hybridized carbons (Fsp3) is 0.261. The van der Waals surface area contributed by atoms with Crippen LogP contribution in [0.4, 0.5) is 11.5 Å². The lowest BCUT2D eigenvalue weighted by molar-refractivity contribution is -0.120. The molecule has 0 radical (unpaired) electrons. The molecule has 3 aromatic rings. The molecule has 0 atom stereocenters. The van der Waals surface area contributed by atoms with Gasteiger partial charge in [-0.3, -0.25) is 9.59 Å². The molecule has 0 bridgehead atoms. The Morgan fingerprint density at radius 2 is 1.97 bits per heavy atom. The lowest BCUT2D eigenvalue weighted by atomic mass is 10.2. The summed E-state index contributed by atoms with van der Waals surface area (Å²) in [7, 11) is 0. The summed E-state index contributed by atoms with van der Waals surface area (Å²) in [6, 6.07) is 15.8. The third kappa shape index (κ3) is 4.20. The number of hydrogen-bond donors (Lipinski definition) is 2. The number of rotatable bonds is 5. The molecular formula is C23H25N5O2. The number of aryl methyl sites for hydroxylation is 1. The number of piperazine rings is 1. The van der Waals surface area contributed by atoms with Crippen LogP contribution < -0.4 is 15.5 Å². The fourth-order valence-electron chi connectivity index (χ4n) is 3.72. The van der Waals surface area contributed by atoms with Crippen molar-refractivity contribution in [1.82, 2.24) is 14.9 Å². The summed E-state index contributed by atoms with van der Waals surface area (Å²) in [5.41, 5.74) is 4.44. The molecule has 154 valence electrons. The van der Waals surface area contributed by atoms with Crippen LogP contribution in [0.15, 0.2) is 54.7 Å². The van der Waals surface area contributed by atoms with Gasteiger partial charge in [0.25, 0.3) is 5.91 Å². The van der Waals surface area contributed by atoms with Gasteiger partial charge in [-0.15, -0.1) is 0 Å². The summed E-state index contributed by atoms with van der Waals surface area (Å²) < 4.78 is 2.15. The fourth-order valence-corrected chi connectivity index (χ4v) is 3.72. The van der Waals surface area contributed by atoms with E-state index in [0.717, 1.165) is 30.3 Å². The van der Waals surface area contributed by atoms with Crippen LogP contribution in [0.25, 0.3) is 0 Å². The molecule has 1 aromatic carbocycles. The van der Waals surface area contributed by atoms with E-state index in [1.165, 1.54) is 5.56 Å². The van der Waals surface area contributed by atoms with Crippen molar-refractivity contribution in [3.63, 3.8) is 0 Å². The average Bonchev–Trinajstić information content (AvgIpc) is 3.03. The molecule has 0 aliphatic carbocycles. The standard InChI is InChI=1S/C23H25N5O2/c1-16-12-20(17(2)28(16)14-18-6-4-3-5-7-18)23(30)26-19-8-9-21(25-13-19)27-11-10-24-22(29)15-27/h3-9,12-13H,10-11,14-15H2,1-2H3,(H,24,29)(H,26,30). The Balaban J connectivity index is 1.46. The molecule has 1 aliphatic rings. The van der Waals surface area contributed by atoms with E-state index in [1.54, 1.807) is 6.20 Å². The van der Waals surface area contributed by atoms with Crippen LogP contribution in [-0.4, -0.2) is 41.0 Å². The summed E-state index contributed by atoms with van der Waals surface area (Å²) >= 11 is 0. The summed E-state index contributed by atoms with van der Waals surface area (Å²) in [5, 5.41) is 5.73. The molecule has 7 nitrogen and oxygen atoms in total. The average molecular weight is 403 g/mol. The van der Waals surface area contributed by atoms with E-state index in [2.05, 4.69) is 32.3 Å². The van der Waals surface area contributed by atoms with Crippen LogP contribution in [0.2, 0.25) is 0 Å². The van der Waals surface area contributed by atoms with Gasteiger partial charge in [-0.05, 0) is 37.6 Å². The third-order valence-electron chi connectivity index (χ3n) is 5.37. The molecular weight excluding hydrogens is 378 g/mol. The number of nitrogens with one attached hydrogen (secondary N) is 2. The first-order valence-electron chi connectivity index (χ1n) is 10.0. The smallest absolute Gasteiger partial charge is 0.257 e. The Morgan fingerprint density at radius 1 is 1.17 bits per heavy atom. The molecule has 0 unspecified atom stereocenters. The molecule has 1 saturated heterocycles. The Labute approximate surface area is 175 Å². The first-order chi connectivity index (χ1) is 14.5. The van der Waals surface area contributed by atoms with Crippen molar-refractivity contribution in [1.29, 1.82) is 0 Å². The summed E-state index contributed by atoms with van der Waals surface area (Å²) in [4.78, 5) is 30.7. The second-order valence-electron chi connectivity index (χ2n) is 7.49. The van der Waals surface area contributed by atoms with Gasteiger partial charge in [0.05, 0.1) is 24.0 Å². The molecule has 1 aliphatic heterocycles. The lowest BCUT2D eigenvalue weighted by Gasteiger charge is -2.27. The zero-order valence-corrected chi connectivity index (χ0v) is 17.2. The number of anilines is 2. The molecule has 0 saturated carbocycles. The van der Waals surface area contributed by atoms with Crippen LogP contribution in [-0.2, 0) is 11.3 Å². The number of nitrogens with zero attached hydrogens (tertiary/aromatic N) is 3. The number of benzene rings is 1. The quantitative estimate of drug-likeness (QED) is 0.687. The lowest BCUT2D eigenvalue weighted by Crippen LogP contribution is -2.48. The van der Waals surface area contributed by atoms with E-state index < -0.39 is 0 Å². The highest BCUT2D eigenvalue weighted by Gasteiger charge is 2.18. The third-order valence-corrected chi connectivity index (χ3v) is 5.37. The van der Waals surface area contributed by atoms with Gasteiger partial charge in [-0.1, -0.05) is 30.3 Å². The van der Waals surface area contributed by atoms with Crippen LogP contribution in [0.1, 0.15) is 27.3 Å². The summed E-state index contributed by atoms with van der Waals surface area (Å²) in [6.07, 6.45) is 1.63.